The molecule has 0 spiro atoms. The molecule has 82 valence electrons. The Labute approximate surface area is 92.7 Å². The molecule has 0 aromatic carbocycles. The third-order valence-corrected chi connectivity index (χ3v) is 2.92. The van der Waals surface area contributed by atoms with Gasteiger partial charge in [0, 0.05) is 18.1 Å². The van der Waals surface area contributed by atoms with Gasteiger partial charge in [0.05, 0.1) is 11.1 Å². The van der Waals surface area contributed by atoms with Gasteiger partial charge < -0.3 is 0 Å². The van der Waals surface area contributed by atoms with E-state index in [2.05, 4.69) is 10.2 Å². The molecule has 0 amide bonds. The molecule has 16 heavy (non-hydrogen) atoms. The number of rotatable bonds is 1. The second kappa shape index (κ2) is 4.28. The summed E-state index contributed by atoms with van der Waals surface area (Å²) in [6.45, 7) is 0. The summed E-state index contributed by atoms with van der Waals surface area (Å²) in [5.74, 6) is 0. The van der Waals surface area contributed by atoms with Crippen LogP contribution in [0, 0.1) is 0 Å². The normalized spacial score (nSPS) is 14.8. The van der Waals surface area contributed by atoms with Crippen molar-refractivity contribution in [3.8, 4) is 0 Å². The highest BCUT2D eigenvalue weighted by molar-refractivity contribution is 7.73. The van der Waals surface area contributed by atoms with Crippen molar-refractivity contribution in [2.24, 2.45) is 0 Å². The fourth-order valence-electron chi connectivity index (χ4n) is 1.40. The minimum absolute atomic E-state index is 0.283. The fraction of sp³-hybridized carbons (Fsp3) is 0.100. The Balaban J connectivity index is 2.38. The molecule has 1 aromatic heterocycles. The molecule has 6 heteroatoms. The zero-order valence-electron chi connectivity index (χ0n) is 8.17. The molecule has 1 aromatic rings. The smallest absolute Gasteiger partial charge is 0.264 e. The predicted octanol–water partition coefficient (Wildman–Crippen LogP) is 0.165. The van der Waals surface area contributed by atoms with Crippen LogP contribution in [0.25, 0.3) is 5.57 Å². The van der Waals surface area contributed by atoms with E-state index in [1.807, 2.05) is 0 Å². The van der Waals surface area contributed by atoms with Gasteiger partial charge in [-0.15, -0.1) is 0 Å². The zero-order valence-corrected chi connectivity index (χ0v) is 8.99. The summed E-state index contributed by atoms with van der Waals surface area (Å²) in [6.07, 6.45) is 6.80. The van der Waals surface area contributed by atoms with Crippen LogP contribution < -0.4 is 5.56 Å². The summed E-state index contributed by atoms with van der Waals surface area (Å²) >= 11 is 0. The number of nitrogens with zero attached hydrogens (tertiary/aromatic N) is 1. The van der Waals surface area contributed by atoms with E-state index in [-0.39, 0.29) is 5.56 Å². The SMILES string of the molecule is O=c1cc(C2=CCC(=S(=O)=O)C=C2)cn[nH]1. The molecule has 0 aliphatic heterocycles. The van der Waals surface area contributed by atoms with Gasteiger partial charge in [0.25, 0.3) is 5.56 Å². The molecule has 5 nitrogen and oxygen atoms in total. The standard InChI is InChI=1S/C10H8N2O3S/c13-10-5-8(6-11-12-10)7-1-3-9(4-2-7)16(14)15/h1-3,5-6H,4H2,(H,12,13). The van der Waals surface area contributed by atoms with Crippen molar-refractivity contribution in [3.05, 3.63) is 46.4 Å². The molecule has 0 saturated heterocycles. The van der Waals surface area contributed by atoms with Crippen molar-refractivity contribution < 1.29 is 8.42 Å². The lowest BCUT2D eigenvalue weighted by molar-refractivity contribution is 0.627. The number of nitrogens with one attached hydrogen (secondary N) is 1. The van der Waals surface area contributed by atoms with Crippen LogP contribution in [0.1, 0.15) is 12.0 Å². The number of H-pyrrole nitrogens is 1. The first kappa shape index (κ1) is 10.6. The third-order valence-electron chi connectivity index (χ3n) is 2.18. The summed E-state index contributed by atoms with van der Waals surface area (Å²) in [5.41, 5.74) is 1.19. The molecule has 0 saturated carbocycles. The monoisotopic (exact) mass is 236 g/mol. The van der Waals surface area contributed by atoms with Crippen molar-refractivity contribution in [2.45, 2.75) is 6.42 Å². The lowest BCUT2D eigenvalue weighted by Crippen LogP contribution is -2.07. The number of aromatic nitrogens is 2. The van der Waals surface area contributed by atoms with Gasteiger partial charge in [-0.25, -0.2) is 5.10 Å². The predicted molar refractivity (Wildman–Crippen MR) is 60.5 cm³/mol. The lowest BCUT2D eigenvalue weighted by Gasteiger charge is -2.05. The van der Waals surface area contributed by atoms with Crippen LogP contribution in [0.4, 0.5) is 0 Å². The highest BCUT2D eigenvalue weighted by atomic mass is 32.2. The van der Waals surface area contributed by atoms with E-state index in [4.69, 9.17) is 0 Å². The quantitative estimate of drug-likeness (QED) is 0.704. The number of hydrogen-bond acceptors (Lipinski definition) is 4. The van der Waals surface area contributed by atoms with Crippen molar-refractivity contribution in [1.29, 1.82) is 0 Å². The molecular weight excluding hydrogens is 228 g/mol. The van der Waals surface area contributed by atoms with E-state index >= 15 is 0 Å². The molecule has 0 fully saturated rings. The Bertz CT molecular complexity index is 657. The molecule has 1 aliphatic rings. The Kier molecular flexibility index (Phi) is 2.82. The molecule has 1 aliphatic carbocycles. The molecule has 0 radical (unpaired) electrons. The summed E-state index contributed by atoms with van der Waals surface area (Å²) in [4.78, 5) is 11.4. The van der Waals surface area contributed by atoms with E-state index in [1.54, 1.807) is 12.2 Å². The van der Waals surface area contributed by atoms with Gasteiger partial charge >= 0.3 is 0 Å². The molecule has 0 bridgehead atoms. The largest absolute Gasteiger partial charge is 0.268 e. The van der Waals surface area contributed by atoms with Gasteiger partial charge in [-0.3, -0.25) is 4.79 Å². The van der Waals surface area contributed by atoms with Gasteiger partial charge in [0.1, 0.15) is 0 Å². The average Bonchev–Trinajstić information content (AvgIpc) is 2.29. The van der Waals surface area contributed by atoms with E-state index < -0.39 is 10.3 Å². The summed E-state index contributed by atoms with van der Waals surface area (Å²) in [6, 6.07) is 1.42. The molecule has 1 heterocycles. The highest BCUT2D eigenvalue weighted by Gasteiger charge is 2.06. The highest BCUT2D eigenvalue weighted by Crippen LogP contribution is 2.17. The molecule has 0 unspecified atom stereocenters. The Morgan fingerprint density at radius 1 is 1.31 bits per heavy atom. The van der Waals surface area contributed by atoms with Crippen LogP contribution in [-0.2, 0) is 10.3 Å². The first-order valence-corrected chi connectivity index (χ1v) is 5.63. The van der Waals surface area contributed by atoms with E-state index in [0.29, 0.717) is 16.8 Å². The average molecular weight is 236 g/mol. The van der Waals surface area contributed by atoms with Gasteiger partial charge in [0.2, 0.25) is 10.3 Å². The number of allylic oxidation sites excluding steroid dienone is 4. The molecular formula is C10H8N2O3S. The Hall–Kier alpha value is -1.95. The first-order chi connectivity index (χ1) is 7.66. The minimum atomic E-state index is -2.18. The van der Waals surface area contributed by atoms with Gasteiger partial charge in [-0.05, 0) is 11.6 Å². The summed E-state index contributed by atoms with van der Waals surface area (Å²) in [5, 5.41) is 5.95. The van der Waals surface area contributed by atoms with Crippen LogP contribution in [-0.4, -0.2) is 23.5 Å². The van der Waals surface area contributed by atoms with Gasteiger partial charge in [-0.1, -0.05) is 12.2 Å². The second-order valence-electron chi connectivity index (χ2n) is 3.23. The zero-order chi connectivity index (χ0) is 11.5. The van der Waals surface area contributed by atoms with Crippen molar-refractivity contribution in [3.63, 3.8) is 0 Å². The maximum atomic E-state index is 11.0. The van der Waals surface area contributed by atoms with Crippen LogP contribution >= 0.6 is 0 Å². The molecule has 1 N–H and O–H groups in total. The maximum absolute atomic E-state index is 11.0. The van der Waals surface area contributed by atoms with Gasteiger partial charge in [-0.2, -0.15) is 13.5 Å². The topological polar surface area (TPSA) is 79.9 Å². The second-order valence-corrected chi connectivity index (χ2v) is 4.23. The fourth-order valence-corrected chi connectivity index (χ4v) is 1.80. The maximum Gasteiger partial charge on any atom is 0.264 e. The molecule has 2 rings (SSSR count). The first-order valence-electron chi connectivity index (χ1n) is 4.55. The van der Waals surface area contributed by atoms with Crippen molar-refractivity contribution >= 4 is 20.7 Å². The summed E-state index contributed by atoms with van der Waals surface area (Å²) < 4.78 is 21.3. The minimum Gasteiger partial charge on any atom is -0.268 e. The number of hydrogen-bond donors (Lipinski definition) is 1. The van der Waals surface area contributed by atoms with Crippen LogP contribution in [0.15, 0.2) is 35.3 Å². The van der Waals surface area contributed by atoms with Crippen molar-refractivity contribution in [1.82, 2.24) is 10.2 Å². The Morgan fingerprint density at radius 3 is 2.69 bits per heavy atom. The Morgan fingerprint density at radius 2 is 2.12 bits per heavy atom. The van der Waals surface area contributed by atoms with Crippen LogP contribution in [0.5, 0.6) is 0 Å². The van der Waals surface area contributed by atoms with E-state index in [0.717, 1.165) is 5.57 Å². The lowest BCUT2D eigenvalue weighted by atomic mass is 10.0. The van der Waals surface area contributed by atoms with Crippen molar-refractivity contribution in [2.75, 3.05) is 0 Å². The third kappa shape index (κ3) is 2.17. The van der Waals surface area contributed by atoms with Gasteiger partial charge in [0.15, 0.2) is 0 Å². The van der Waals surface area contributed by atoms with Crippen LogP contribution in [0.2, 0.25) is 0 Å². The molecule has 0 atom stereocenters. The van der Waals surface area contributed by atoms with E-state index in [9.17, 15) is 13.2 Å². The van der Waals surface area contributed by atoms with Crippen LogP contribution in [0.3, 0.4) is 0 Å². The number of aromatic amines is 1. The summed E-state index contributed by atoms with van der Waals surface area (Å²) in [7, 11) is -2.18. The van der Waals surface area contributed by atoms with E-state index in [1.165, 1.54) is 18.3 Å².